The molecule has 0 spiro atoms. The molecular weight excluding hydrogens is 215 g/mol. The number of amides is 2. The molecule has 0 aromatic carbocycles. The molecule has 0 unspecified atom stereocenters. The number of likely N-dealkylation sites (N-methyl/N-ethyl adjacent to an activating group) is 1. The van der Waals surface area contributed by atoms with Crippen molar-refractivity contribution in [1.82, 2.24) is 9.80 Å². The highest BCUT2D eigenvalue weighted by Crippen LogP contribution is 2.23. The van der Waals surface area contributed by atoms with Gasteiger partial charge in [-0.05, 0) is 6.92 Å². The third kappa shape index (κ3) is 2.25. The molecule has 1 saturated heterocycles. The molecule has 4 nitrogen and oxygen atoms in total. The van der Waals surface area contributed by atoms with Gasteiger partial charge in [0.1, 0.15) is 6.54 Å². The van der Waals surface area contributed by atoms with Gasteiger partial charge in [-0.2, -0.15) is 0 Å². The van der Waals surface area contributed by atoms with Crippen molar-refractivity contribution < 1.29 is 9.59 Å². The first kappa shape index (κ1) is 10.6. The number of carbonyl (C=O) groups is 2. The van der Waals surface area contributed by atoms with Crippen LogP contribution in [0.15, 0.2) is 0 Å². The van der Waals surface area contributed by atoms with Gasteiger partial charge >= 0.3 is 0 Å². The van der Waals surface area contributed by atoms with Crippen molar-refractivity contribution in [3.8, 4) is 0 Å². The van der Waals surface area contributed by atoms with Gasteiger partial charge in [0, 0.05) is 7.05 Å². The van der Waals surface area contributed by atoms with Gasteiger partial charge in [-0.1, -0.05) is 23.2 Å². The summed E-state index contributed by atoms with van der Waals surface area (Å²) in [5.74, 6) is -0.542. The molecule has 0 radical (unpaired) electrons. The van der Waals surface area contributed by atoms with Gasteiger partial charge in [0.25, 0.3) is 5.91 Å². The summed E-state index contributed by atoms with van der Waals surface area (Å²) in [7, 11) is 1.62. The van der Waals surface area contributed by atoms with Crippen LogP contribution in [0, 0.1) is 0 Å². The van der Waals surface area contributed by atoms with E-state index in [-0.39, 0.29) is 19.1 Å². The maximum absolute atomic E-state index is 11.4. The van der Waals surface area contributed by atoms with E-state index in [0.29, 0.717) is 0 Å². The molecule has 1 aliphatic heterocycles. The van der Waals surface area contributed by atoms with Gasteiger partial charge in [0.15, 0.2) is 4.33 Å². The number of halogens is 2. The first-order valence-electron chi connectivity index (χ1n) is 3.73. The number of alkyl halides is 2. The lowest BCUT2D eigenvalue weighted by molar-refractivity contribution is -0.132. The molecule has 6 heteroatoms. The summed E-state index contributed by atoms with van der Waals surface area (Å²) in [6, 6.07) is 0. The third-order valence-electron chi connectivity index (χ3n) is 1.80. The average molecular weight is 225 g/mol. The van der Waals surface area contributed by atoms with E-state index in [1.54, 1.807) is 7.05 Å². The number of nitrogens with zero attached hydrogens (tertiary/aromatic N) is 2. The molecule has 2 amide bonds. The largest absolute Gasteiger partial charge is 0.326 e. The number of carbonyl (C=O) groups excluding carboxylic acids is 2. The highest BCUT2D eigenvalue weighted by molar-refractivity contribution is 6.57. The zero-order chi connectivity index (χ0) is 10.2. The summed E-state index contributed by atoms with van der Waals surface area (Å²) in [5.41, 5.74) is 0. The molecular formula is C7H10Cl2N2O2. The van der Waals surface area contributed by atoms with E-state index in [0.717, 1.165) is 0 Å². The maximum atomic E-state index is 11.4. The standard InChI is InChI=1S/C7H10Cl2N2O2/c1-7(8,9)6(13)11-3-5(12)10(2)4-11/h3-4H2,1-2H3. The molecule has 1 aliphatic rings. The van der Waals surface area contributed by atoms with E-state index >= 15 is 0 Å². The smallest absolute Gasteiger partial charge is 0.260 e. The molecule has 0 saturated carbocycles. The summed E-state index contributed by atoms with van der Waals surface area (Å²) in [6.07, 6.45) is 0. The van der Waals surface area contributed by atoms with E-state index in [2.05, 4.69) is 0 Å². The lowest BCUT2D eigenvalue weighted by Crippen LogP contribution is -2.39. The Morgan fingerprint density at radius 3 is 2.38 bits per heavy atom. The highest BCUT2D eigenvalue weighted by atomic mass is 35.5. The van der Waals surface area contributed by atoms with Crippen LogP contribution in [-0.4, -0.2) is 46.2 Å². The second-order valence-corrected chi connectivity index (χ2v) is 4.83. The number of hydrogen-bond acceptors (Lipinski definition) is 2. The van der Waals surface area contributed by atoms with Crippen LogP contribution in [0.25, 0.3) is 0 Å². The Morgan fingerprint density at radius 2 is 2.08 bits per heavy atom. The average Bonchev–Trinajstić information content (AvgIpc) is 2.29. The summed E-state index contributed by atoms with van der Waals surface area (Å²) in [5, 5.41) is 0. The minimum atomic E-state index is -1.45. The highest BCUT2D eigenvalue weighted by Gasteiger charge is 2.37. The zero-order valence-electron chi connectivity index (χ0n) is 7.38. The van der Waals surface area contributed by atoms with Crippen LogP contribution in [0.1, 0.15) is 6.92 Å². The van der Waals surface area contributed by atoms with Crippen LogP contribution in [0.3, 0.4) is 0 Å². The van der Waals surface area contributed by atoms with Gasteiger partial charge in [0.05, 0.1) is 6.67 Å². The Bertz CT molecular complexity index is 249. The monoisotopic (exact) mass is 224 g/mol. The molecule has 0 bridgehead atoms. The lowest BCUT2D eigenvalue weighted by Gasteiger charge is -2.20. The summed E-state index contributed by atoms with van der Waals surface area (Å²) < 4.78 is -1.45. The predicted molar refractivity (Wildman–Crippen MR) is 49.5 cm³/mol. The maximum Gasteiger partial charge on any atom is 0.260 e. The molecule has 0 aromatic heterocycles. The molecule has 74 valence electrons. The van der Waals surface area contributed by atoms with Crippen LogP contribution < -0.4 is 0 Å². The number of hydrogen-bond donors (Lipinski definition) is 0. The van der Waals surface area contributed by atoms with Crippen molar-refractivity contribution in [1.29, 1.82) is 0 Å². The Labute approximate surface area is 86.4 Å². The van der Waals surface area contributed by atoms with Gasteiger partial charge in [0.2, 0.25) is 5.91 Å². The number of rotatable bonds is 1. The zero-order valence-corrected chi connectivity index (χ0v) is 8.89. The van der Waals surface area contributed by atoms with Gasteiger partial charge in [-0.25, -0.2) is 0 Å². The Hall–Kier alpha value is -0.480. The Balaban J connectivity index is 2.67. The first-order chi connectivity index (χ1) is 5.82. The van der Waals surface area contributed by atoms with Crippen LogP contribution in [0.4, 0.5) is 0 Å². The summed E-state index contributed by atoms with van der Waals surface area (Å²) >= 11 is 11.2. The summed E-state index contributed by atoms with van der Waals surface area (Å²) in [6.45, 7) is 1.71. The van der Waals surface area contributed by atoms with Crippen molar-refractivity contribution in [2.24, 2.45) is 0 Å². The predicted octanol–water partition coefficient (Wildman–Crippen LogP) is 0.438. The second kappa shape index (κ2) is 3.35. The quantitative estimate of drug-likeness (QED) is 0.607. The topological polar surface area (TPSA) is 40.6 Å². The van der Waals surface area contributed by atoms with Crippen LogP contribution in [0.5, 0.6) is 0 Å². The fourth-order valence-electron chi connectivity index (χ4n) is 1.08. The van der Waals surface area contributed by atoms with Crippen molar-refractivity contribution in [2.75, 3.05) is 20.3 Å². The van der Waals surface area contributed by atoms with E-state index in [9.17, 15) is 9.59 Å². The van der Waals surface area contributed by atoms with E-state index in [1.807, 2.05) is 0 Å². The molecule has 0 atom stereocenters. The molecule has 1 rings (SSSR count). The van der Waals surface area contributed by atoms with Gasteiger partial charge in [-0.15, -0.1) is 0 Å². The van der Waals surface area contributed by atoms with Crippen LogP contribution >= 0.6 is 23.2 Å². The van der Waals surface area contributed by atoms with Crippen molar-refractivity contribution in [3.63, 3.8) is 0 Å². The summed E-state index contributed by atoms with van der Waals surface area (Å²) in [4.78, 5) is 25.3. The van der Waals surface area contributed by atoms with Crippen LogP contribution in [0.2, 0.25) is 0 Å². The fourth-order valence-corrected chi connectivity index (χ4v) is 1.32. The van der Waals surface area contributed by atoms with Gasteiger partial charge in [-0.3, -0.25) is 9.59 Å². The molecule has 0 aromatic rings. The molecule has 1 fully saturated rings. The Morgan fingerprint density at radius 1 is 1.54 bits per heavy atom. The van der Waals surface area contributed by atoms with E-state index < -0.39 is 10.2 Å². The van der Waals surface area contributed by atoms with E-state index in [4.69, 9.17) is 23.2 Å². The van der Waals surface area contributed by atoms with E-state index in [1.165, 1.54) is 16.7 Å². The molecule has 1 heterocycles. The van der Waals surface area contributed by atoms with Crippen molar-refractivity contribution in [3.05, 3.63) is 0 Å². The molecule has 0 N–H and O–H groups in total. The normalized spacial score (nSPS) is 18.3. The van der Waals surface area contributed by atoms with Gasteiger partial charge < -0.3 is 9.80 Å². The fraction of sp³-hybridized carbons (Fsp3) is 0.714. The minimum Gasteiger partial charge on any atom is -0.326 e. The third-order valence-corrected chi connectivity index (χ3v) is 2.12. The van der Waals surface area contributed by atoms with Crippen LogP contribution in [-0.2, 0) is 9.59 Å². The second-order valence-electron chi connectivity index (χ2n) is 3.12. The minimum absolute atomic E-state index is 0.0599. The SMILES string of the molecule is CN1CN(C(=O)C(C)(Cl)Cl)CC1=O. The van der Waals surface area contributed by atoms with Crippen molar-refractivity contribution in [2.45, 2.75) is 11.3 Å². The molecule has 0 aliphatic carbocycles. The Kier molecular flexibility index (Phi) is 2.73. The lowest BCUT2D eigenvalue weighted by atomic mass is 10.4. The van der Waals surface area contributed by atoms with Crippen molar-refractivity contribution >= 4 is 35.0 Å². The first-order valence-corrected chi connectivity index (χ1v) is 4.49. The molecule has 13 heavy (non-hydrogen) atoms.